The molecule has 2 aromatic heterocycles. The number of nitrogens with zero attached hydrogens (tertiary/aromatic N) is 2. The highest BCUT2D eigenvalue weighted by molar-refractivity contribution is 5.85. The van der Waals surface area contributed by atoms with Crippen molar-refractivity contribution in [1.82, 2.24) is 9.55 Å². The number of pyridine rings is 1. The Kier molecular flexibility index (Phi) is 5.83. The first-order chi connectivity index (χ1) is 13.0. The molecule has 7 heteroatoms. The van der Waals surface area contributed by atoms with Crippen molar-refractivity contribution < 1.29 is 23.4 Å². The van der Waals surface area contributed by atoms with Crippen molar-refractivity contribution in [3.05, 3.63) is 71.7 Å². The number of ether oxygens (including phenoxy) is 2. The molecule has 0 amide bonds. The molecule has 1 aromatic carbocycles. The van der Waals surface area contributed by atoms with E-state index < -0.39 is 11.6 Å². The van der Waals surface area contributed by atoms with Crippen molar-refractivity contribution in [2.75, 3.05) is 20.3 Å². The van der Waals surface area contributed by atoms with E-state index in [4.69, 9.17) is 9.47 Å². The third-order valence-corrected chi connectivity index (χ3v) is 4.19. The number of methoxy groups -OCH3 is 1. The Labute approximate surface area is 155 Å². The van der Waals surface area contributed by atoms with E-state index in [1.54, 1.807) is 19.4 Å². The Morgan fingerprint density at radius 1 is 1.22 bits per heavy atom. The minimum Gasteiger partial charge on any atom is -0.506 e. The lowest BCUT2D eigenvalue weighted by atomic mass is 10.2. The normalized spacial score (nSPS) is 11.2. The van der Waals surface area contributed by atoms with Crippen molar-refractivity contribution in [1.29, 1.82) is 0 Å². The maximum Gasteiger partial charge on any atom is 0.134 e. The van der Waals surface area contributed by atoms with Crippen molar-refractivity contribution in [2.24, 2.45) is 0 Å². The predicted octanol–water partition coefficient (Wildman–Crippen LogP) is 4.05. The van der Waals surface area contributed by atoms with E-state index in [1.165, 1.54) is 12.1 Å². The van der Waals surface area contributed by atoms with Gasteiger partial charge in [0, 0.05) is 35.9 Å². The third kappa shape index (κ3) is 4.32. The summed E-state index contributed by atoms with van der Waals surface area (Å²) in [5.74, 6) is -1.36. The molecule has 3 aromatic rings. The summed E-state index contributed by atoms with van der Waals surface area (Å²) in [7, 11) is 1.59. The zero-order valence-electron chi connectivity index (χ0n) is 14.9. The summed E-state index contributed by atoms with van der Waals surface area (Å²) in [5.41, 5.74) is 2.31. The second-order valence-electron chi connectivity index (χ2n) is 6.10. The van der Waals surface area contributed by atoms with Gasteiger partial charge in [-0.05, 0) is 12.1 Å². The van der Waals surface area contributed by atoms with Crippen LogP contribution in [-0.2, 0) is 22.6 Å². The molecule has 0 unspecified atom stereocenters. The summed E-state index contributed by atoms with van der Waals surface area (Å²) in [4.78, 5) is 4.18. The van der Waals surface area contributed by atoms with Crippen LogP contribution in [0.15, 0.2) is 43.2 Å². The van der Waals surface area contributed by atoms with Gasteiger partial charge in [0.1, 0.15) is 23.1 Å². The first-order valence-electron chi connectivity index (χ1n) is 8.36. The maximum absolute atomic E-state index is 14.0. The van der Waals surface area contributed by atoms with Gasteiger partial charge in [-0.15, -0.1) is 0 Å². The molecule has 142 valence electrons. The van der Waals surface area contributed by atoms with E-state index in [0.717, 1.165) is 22.5 Å². The van der Waals surface area contributed by atoms with E-state index in [0.29, 0.717) is 31.1 Å². The molecule has 0 fully saturated rings. The minimum absolute atomic E-state index is 0.138. The van der Waals surface area contributed by atoms with Crippen LogP contribution in [0.25, 0.3) is 16.7 Å². The van der Waals surface area contributed by atoms with Crippen LogP contribution in [0.4, 0.5) is 8.78 Å². The van der Waals surface area contributed by atoms with Crippen LogP contribution < -0.4 is 0 Å². The first kappa shape index (κ1) is 19.0. The highest BCUT2D eigenvalue weighted by atomic mass is 19.1. The summed E-state index contributed by atoms with van der Waals surface area (Å²) in [6.45, 7) is 4.93. The van der Waals surface area contributed by atoms with Crippen LogP contribution in [0.1, 0.15) is 16.8 Å². The lowest BCUT2D eigenvalue weighted by molar-refractivity contribution is 0.0621. The predicted molar refractivity (Wildman–Crippen MR) is 98.4 cm³/mol. The van der Waals surface area contributed by atoms with E-state index >= 15 is 0 Å². The molecule has 0 spiro atoms. The van der Waals surface area contributed by atoms with Crippen LogP contribution in [0.2, 0.25) is 0 Å². The number of halogens is 2. The van der Waals surface area contributed by atoms with E-state index in [1.807, 2.05) is 10.8 Å². The molecule has 2 heterocycles. The molecule has 3 rings (SSSR count). The van der Waals surface area contributed by atoms with Crippen LogP contribution in [-0.4, -0.2) is 35.0 Å². The number of hydrogen-bond acceptors (Lipinski definition) is 4. The van der Waals surface area contributed by atoms with Crippen molar-refractivity contribution in [2.45, 2.75) is 13.2 Å². The summed E-state index contributed by atoms with van der Waals surface area (Å²) in [6, 6.07) is 5.22. The Morgan fingerprint density at radius 3 is 2.74 bits per heavy atom. The van der Waals surface area contributed by atoms with Crippen molar-refractivity contribution in [3.63, 3.8) is 0 Å². The molecule has 0 saturated carbocycles. The molecule has 0 bridgehead atoms. The topological polar surface area (TPSA) is 56.5 Å². The number of fused-ring (bicyclic) bond motifs is 1. The highest BCUT2D eigenvalue weighted by Gasteiger charge is 2.13. The fourth-order valence-electron chi connectivity index (χ4n) is 2.82. The van der Waals surface area contributed by atoms with Crippen LogP contribution >= 0.6 is 0 Å². The number of hydrogen-bond donors (Lipinski definition) is 1. The number of benzene rings is 1. The Bertz CT molecular complexity index is 969. The molecule has 0 saturated heterocycles. The molecule has 0 atom stereocenters. The molecule has 0 aliphatic rings. The minimum atomic E-state index is -0.617. The average molecular weight is 374 g/mol. The molecular weight excluding hydrogens is 354 g/mol. The zero-order valence-corrected chi connectivity index (χ0v) is 14.9. The van der Waals surface area contributed by atoms with Crippen LogP contribution in [0, 0.1) is 11.6 Å². The summed E-state index contributed by atoms with van der Waals surface area (Å²) in [5, 5.41) is 10.4. The van der Waals surface area contributed by atoms with Gasteiger partial charge in [-0.2, -0.15) is 0 Å². The van der Waals surface area contributed by atoms with Crippen molar-refractivity contribution in [3.8, 4) is 0 Å². The molecular formula is C20H20F2N2O3. The monoisotopic (exact) mass is 374 g/mol. The number of rotatable bonds is 8. The number of aliphatic hydroxyl groups is 1. The maximum atomic E-state index is 14.0. The van der Waals surface area contributed by atoms with Gasteiger partial charge in [0.25, 0.3) is 0 Å². The van der Waals surface area contributed by atoms with Gasteiger partial charge in [-0.25, -0.2) is 8.78 Å². The second-order valence-corrected chi connectivity index (χ2v) is 6.10. The molecule has 1 N–H and O–H groups in total. The van der Waals surface area contributed by atoms with Gasteiger partial charge in [0.05, 0.1) is 38.1 Å². The van der Waals surface area contributed by atoms with E-state index in [9.17, 15) is 13.9 Å². The standard InChI is InChI=1S/C20H20F2N2O3/c1-13(25)19-8-17-15(12-27-6-5-26-2)11-24(20(17)9-23-19)10-14-3-4-16(21)7-18(14)22/h3-4,7-9,11,25H,1,5-6,10,12H2,2H3. The lowest BCUT2D eigenvalue weighted by Gasteiger charge is -2.07. The van der Waals surface area contributed by atoms with Gasteiger partial charge in [-0.3, -0.25) is 4.98 Å². The average Bonchev–Trinajstić information content (AvgIpc) is 2.98. The number of aliphatic hydroxyl groups excluding tert-OH is 1. The molecule has 27 heavy (non-hydrogen) atoms. The largest absolute Gasteiger partial charge is 0.506 e. The fourth-order valence-corrected chi connectivity index (χ4v) is 2.82. The fraction of sp³-hybridized carbons (Fsp3) is 0.250. The third-order valence-electron chi connectivity index (χ3n) is 4.19. The number of aromatic nitrogens is 2. The van der Waals surface area contributed by atoms with E-state index in [2.05, 4.69) is 11.6 Å². The van der Waals surface area contributed by atoms with Gasteiger partial charge in [0.2, 0.25) is 0 Å². The zero-order chi connectivity index (χ0) is 19.4. The quantitative estimate of drug-likeness (QED) is 0.477. The van der Waals surface area contributed by atoms with Crippen molar-refractivity contribution >= 4 is 16.7 Å². The summed E-state index contributed by atoms with van der Waals surface area (Å²) in [6.07, 6.45) is 3.43. The summed E-state index contributed by atoms with van der Waals surface area (Å²) >= 11 is 0. The van der Waals surface area contributed by atoms with Gasteiger partial charge < -0.3 is 19.1 Å². The Hall–Kier alpha value is -2.77. The molecule has 0 aliphatic carbocycles. The molecule has 0 aliphatic heterocycles. The first-order valence-corrected chi connectivity index (χ1v) is 8.36. The summed E-state index contributed by atoms with van der Waals surface area (Å²) < 4.78 is 39.6. The molecule has 5 nitrogen and oxygen atoms in total. The van der Waals surface area contributed by atoms with Crippen LogP contribution in [0.3, 0.4) is 0 Å². The highest BCUT2D eigenvalue weighted by Crippen LogP contribution is 2.25. The second kappa shape index (κ2) is 8.28. The molecule has 0 radical (unpaired) electrons. The van der Waals surface area contributed by atoms with Gasteiger partial charge in [-0.1, -0.05) is 12.6 Å². The van der Waals surface area contributed by atoms with Gasteiger partial charge >= 0.3 is 0 Å². The SMILES string of the molecule is C=C(O)c1cc2c(COCCOC)cn(Cc3ccc(F)cc3F)c2cn1. The Morgan fingerprint density at radius 2 is 2.04 bits per heavy atom. The Balaban J connectivity index is 1.97. The lowest BCUT2D eigenvalue weighted by Crippen LogP contribution is -2.02. The van der Waals surface area contributed by atoms with Gasteiger partial charge in [0.15, 0.2) is 0 Å². The van der Waals surface area contributed by atoms with Crippen LogP contribution in [0.5, 0.6) is 0 Å². The smallest absolute Gasteiger partial charge is 0.134 e. The van der Waals surface area contributed by atoms with E-state index in [-0.39, 0.29) is 12.3 Å².